The van der Waals surface area contributed by atoms with E-state index in [4.69, 9.17) is 10.8 Å². The number of rotatable bonds is 3. The number of carboxylic acids is 1. The lowest BCUT2D eigenvalue weighted by Crippen LogP contribution is -2.32. The van der Waals surface area contributed by atoms with Crippen LogP contribution in [0.2, 0.25) is 0 Å². The van der Waals surface area contributed by atoms with Crippen molar-refractivity contribution in [3.8, 4) is 0 Å². The van der Waals surface area contributed by atoms with Crippen LogP contribution in [0.3, 0.4) is 0 Å². The first-order valence-corrected chi connectivity index (χ1v) is 3.16. The molecule has 1 rings (SSSR count). The minimum Gasteiger partial charge on any atom is -0.480 e. The van der Waals surface area contributed by atoms with Gasteiger partial charge in [-0.3, -0.25) is 4.79 Å². The van der Waals surface area contributed by atoms with Gasteiger partial charge in [-0.25, -0.2) is 4.98 Å². The number of aliphatic carboxylic acids is 1. The van der Waals surface area contributed by atoms with E-state index in [-0.39, 0.29) is 6.42 Å². The van der Waals surface area contributed by atoms with Gasteiger partial charge in [-0.15, -0.1) is 0 Å². The maximum atomic E-state index is 10.3. The van der Waals surface area contributed by atoms with E-state index >= 15 is 0 Å². The van der Waals surface area contributed by atoms with Crippen LogP contribution in [0.1, 0.15) is 5.69 Å². The van der Waals surface area contributed by atoms with Crippen molar-refractivity contribution in [3.05, 3.63) is 18.2 Å². The Morgan fingerprint density at radius 1 is 1.91 bits per heavy atom. The minimum absolute atomic E-state index is 0.287. The number of H-pyrrole nitrogens is 1. The number of aromatic amines is 1. The van der Waals surface area contributed by atoms with E-state index in [0.717, 1.165) is 5.69 Å². The predicted octanol–water partition coefficient (Wildman–Crippen LogP) is -0.636. The zero-order chi connectivity index (χ0) is 8.27. The van der Waals surface area contributed by atoms with Crippen LogP contribution in [-0.4, -0.2) is 27.1 Å². The second-order valence-electron chi connectivity index (χ2n) is 2.23. The van der Waals surface area contributed by atoms with Crippen molar-refractivity contribution in [2.45, 2.75) is 12.5 Å². The lowest BCUT2D eigenvalue weighted by atomic mass is 10.5. The molecule has 0 radical (unpaired) electrons. The van der Waals surface area contributed by atoms with Crippen molar-refractivity contribution >= 4 is 5.97 Å². The summed E-state index contributed by atoms with van der Waals surface area (Å²) >= 11 is 0. The quantitative estimate of drug-likeness (QED) is 0.544. The number of imidazole rings is 1. The number of nitrogens with two attached hydrogens (primary N) is 1. The second kappa shape index (κ2) is 3.16. The Morgan fingerprint density at radius 3 is 3.09 bits per heavy atom. The number of hydrogen-bond donors (Lipinski definition) is 3. The van der Waals surface area contributed by atoms with Gasteiger partial charge in [0.05, 0.1) is 6.33 Å². The Balaban J connectivity index is 2.50. The number of aromatic nitrogens is 2. The molecule has 5 heteroatoms. The zero-order valence-corrected chi connectivity index (χ0v) is 5.82. The fraction of sp³-hybridized carbons (Fsp3) is 0.333. The van der Waals surface area contributed by atoms with Gasteiger partial charge >= 0.3 is 5.97 Å². The SMILES string of the molecule is N[14C@@H](Cc1cnc[nH]1)C(=O)O. The molecule has 0 aromatic carbocycles. The number of hydrogen-bond acceptors (Lipinski definition) is 3. The molecule has 0 aliphatic carbocycles. The van der Waals surface area contributed by atoms with E-state index in [2.05, 4.69) is 9.97 Å². The highest BCUT2D eigenvalue weighted by atomic mass is 16.4. The maximum absolute atomic E-state index is 10.3. The summed E-state index contributed by atoms with van der Waals surface area (Å²) in [6.45, 7) is 0. The van der Waals surface area contributed by atoms with Crippen LogP contribution in [0, 0.1) is 0 Å². The first-order chi connectivity index (χ1) is 5.20. The van der Waals surface area contributed by atoms with Crippen molar-refractivity contribution < 1.29 is 9.90 Å². The lowest BCUT2D eigenvalue weighted by Gasteiger charge is -2.02. The normalized spacial score (nSPS) is 12.8. The fourth-order valence-corrected chi connectivity index (χ4v) is 0.721. The molecule has 1 aromatic heterocycles. The summed E-state index contributed by atoms with van der Waals surface area (Å²) in [5.41, 5.74) is 6.00. The van der Waals surface area contributed by atoms with Crippen LogP contribution in [-0.2, 0) is 11.2 Å². The minimum atomic E-state index is -1.00. The average Bonchev–Trinajstić information content (AvgIpc) is 2.39. The summed E-state index contributed by atoms with van der Waals surface area (Å²) in [5, 5.41) is 8.42. The van der Waals surface area contributed by atoms with E-state index in [9.17, 15) is 4.79 Å². The zero-order valence-electron chi connectivity index (χ0n) is 5.82. The highest BCUT2D eigenvalue weighted by molar-refractivity contribution is 5.73. The van der Waals surface area contributed by atoms with Gasteiger partial charge in [0.15, 0.2) is 0 Å². The molecule has 0 saturated carbocycles. The monoisotopic (exact) mass is 157 g/mol. The topological polar surface area (TPSA) is 92.0 Å². The van der Waals surface area contributed by atoms with Crippen molar-refractivity contribution in [1.82, 2.24) is 9.97 Å². The third-order valence-corrected chi connectivity index (χ3v) is 1.31. The third-order valence-electron chi connectivity index (χ3n) is 1.31. The van der Waals surface area contributed by atoms with E-state index in [0.29, 0.717) is 0 Å². The number of nitrogens with one attached hydrogen (secondary N) is 1. The maximum Gasteiger partial charge on any atom is 0.320 e. The summed E-state index contributed by atoms with van der Waals surface area (Å²) < 4.78 is 0. The van der Waals surface area contributed by atoms with E-state index in [1.54, 1.807) is 6.20 Å². The van der Waals surface area contributed by atoms with Crippen molar-refractivity contribution in [2.24, 2.45) is 5.73 Å². The molecular weight excluding hydrogens is 148 g/mol. The standard InChI is InChI=1S/C6H9N3O2/c7-5(6(10)11)1-4-2-8-3-9-4/h2-3,5H,1,7H2,(H,8,9)(H,10,11)/t5-/m0/s1/i5+2. The van der Waals surface area contributed by atoms with Gasteiger partial charge in [-0.2, -0.15) is 0 Å². The molecule has 11 heavy (non-hydrogen) atoms. The van der Waals surface area contributed by atoms with Gasteiger partial charge < -0.3 is 15.8 Å². The van der Waals surface area contributed by atoms with Crippen molar-refractivity contribution in [1.29, 1.82) is 0 Å². The fourth-order valence-electron chi connectivity index (χ4n) is 0.721. The number of nitrogens with zero attached hydrogens (tertiary/aromatic N) is 1. The molecule has 0 amide bonds. The average molecular weight is 157 g/mol. The summed E-state index contributed by atoms with van der Waals surface area (Å²) in [4.78, 5) is 16.8. The van der Waals surface area contributed by atoms with E-state index in [1.165, 1.54) is 6.33 Å². The molecule has 1 heterocycles. The smallest absolute Gasteiger partial charge is 0.320 e. The third kappa shape index (κ3) is 2.05. The predicted molar refractivity (Wildman–Crippen MR) is 37.9 cm³/mol. The highest BCUT2D eigenvalue weighted by Crippen LogP contribution is 1.95. The Bertz CT molecular complexity index is 232. The summed E-state index contributed by atoms with van der Waals surface area (Å²) in [6, 6.07) is -0.851. The van der Waals surface area contributed by atoms with Gasteiger partial charge in [-0.1, -0.05) is 0 Å². The lowest BCUT2D eigenvalue weighted by molar-refractivity contribution is -0.138. The summed E-state index contributed by atoms with van der Waals surface area (Å²) in [7, 11) is 0. The molecule has 1 aromatic rings. The molecule has 0 aliphatic rings. The summed E-state index contributed by atoms with van der Waals surface area (Å²) in [6.07, 6.45) is 3.34. The van der Waals surface area contributed by atoms with Gasteiger partial charge in [0, 0.05) is 18.3 Å². The van der Waals surface area contributed by atoms with Crippen LogP contribution >= 0.6 is 0 Å². The molecular formula is C6H9N3O2. The molecule has 0 fully saturated rings. The second-order valence-corrected chi connectivity index (χ2v) is 2.23. The molecule has 4 N–H and O–H groups in total. The van der Waals surface area contributed by atoms with Crippen molar-refractivity contribution in [2.75, 3.05) is 0 Å². The molecule has 5 nitrogen and oxygen atoms in total. The Kier molecular flexibility index (Phi) is 2.22. The molecule has 1 atom stereocenters. The highest BCUT2D eigenvalue weighted by Gasteiger charge is 2.11. The van der Waals surface area contributed by atoms with Crippen LogP contribution in [0.15, 0.2) is 12.5 Å². The van der Waals surface area contributed by atoms with Crippen LogP contribution in [0.5, 0.6) is 0 Å². The molecule has 0 bridgehead atoms. The Morgan fingerprint density at radius 2 is 2.64 bits per heavy atom. The molecule has 60 valence electrons. The Labute approximate surface area is 63.3 Å². The van der Waals surface area contributed by atoms with Crippen LogP contribution in [0.25, 0.3) is 0 Å². The van der Waals surface area contributed by atoms with Gasteiger partial charge in [0.2, 0.25) is 0 Å². The van der Waals surface area contributed by atoms with Gasteiger partial charge in [0.1, 0.15) is 6.04 Å². The summed E-state index contributed by atoms with van der Waals surface area (Å²) in [5.74, 6) is -1.00. The van der Waals surface area contributed by atoms with E-state index < -0.39 is 12.0 Å². The molecule has 0 aliphatic heterocycles. The first-order valence-electron chi connectivity index (χ1n) is 3.16. The van der Waals surface area contributed by atoms with Gasteiger partial charge in [0.25, 0.3) is 0 Å². The number of carboxylic acid groups (broad SMARTS) is 1. The van der Waals surface area contributed by atoms with Crippen molar-refractivity contribution in [3.63, 3.8) is 0 Å². The molecule has 0 unspecified atom stereocenters. The van der Waals surface area contributed by atoms with Gasteiger partial charge in [-0.05, 0) is 0 Å². The molecule has 0 saturated heterocycles. The van der Waals surface area contributed by atoms with Crippen LogP contribution in [0.4, 0.5) is 0 Å². The Hall–Kier alpha value is -1.36. The van der Waals surface area contributed by atoms with E-state index in [1.807, 2.05) is 0 Å². The molecule has 0 spiro atoms. The first kappa shape index (κ1) is 7.74. The number of carbonyl (C=O) groups is 1. The largest absolute Gasteiger partial charge is 0.480 e. The van der Waals surface area contributed by atoms with Crippen LogP contribution < -0.4 is 5.73 Å².